The molecule has 0 atom stereocenters. The predicted molar refractivity (Wildman–Crippen MR) is 84.5 cm³/mol. The lowest BCUT2D eigenvalue weighted by atomic mass is 9.96. The van der Waals surface area contributed by atoms with Crippen LogP contribution in [0.3, 0.4) is 0 Å². The summed E-state index contributed by atoms with van der Waals surface area (Å²) in [7, 11) is 0. The molecule has 0 aliphatic carbocycles. The number of rotatable bonds is 4. The molecular formula is C18H21F3N2. The van der Waals surface area contributed by atoms with Crippen LogP contribution in [0.1, 0.15) is 60.5 Å². The monoisotopic (exact) mass is 322 g/mol. The van der Waals surface area contributed by atoms with Gasteiger partial charge in [-0.3, -0.25) is 9.97 Å². The van der Waals surface area contributed by atoms with Gasteiger partial charge in [0.15, 0.2) is 0 Å². The highest BCUT2D eigenvalue weighted by atomic mass is 19.4. The van der Waals surface area contributed by atoms with Crippen molar-refractivity contribution in [2.45, 2.75) is 52.6 Å². The Morgan fingerprint density at radius 3 is 2.35 bits per heavy atom. The molecule has 0 unspecified atom stereocenters. The van der Waals surface area contributed by atoms with Crippen molar-refractivity contribution >= 4 is 0 Å². The van der Waals surface area contributed by atoms with Crippen LogP contribution in [-0.4, -0.2) is 9.97 Å². The number of hydrogen-bond donors (Lipinski definition) is 0. The summed E-state index contributed by atoms with van der Waals surface area (Å²) in [5, 5.41) is 0. The van der Waals surface area contributed by atoms with Crippen LogP contribution in [0.2, 0.25) is 0 Å². The maximum Gasteiger partial charge on any atom is 0.418 e. The van der Waals surface area contributed by atoms with Gasteiger partial charge in [-0.25, -0.2) is 0 Å². The zero-order chi connectivity index (χ0) is 17.2. The summed E-state index contributed by atoms with van der Waals surface area (Å²) < 4.78 is 39.2. The van der Waals surface area contributed by atoms with Gasteiger partial charge >= 0.3 is 6.18 Å². The van der Waals surface area contributed by atoms with Crippen LogP contribution in [0.5, 0.6) is 0 Å². The molecule has 0 aromatic carbocycles. The van der Waals surface area contributed by atoms with Crippen molar-refractivity contribution in [3.8, 4) is 0 Å². The van der Waals surface area contributed by atoms with E-state index in [2.05, 4.69) is 16.9 Å². The van der Waals surface area contributed by atoms with Gasteiger partial charge in [-0.1, -0.05) is 20.8 Å². The Morgan fingerprint density at radius 2 is 1.78 bits per heavy atom. The Morgan fingerprint density at radius 1 is 1.09 bits per heavy atom. The Kier molecular flexibility index (Phi) is 5.07. The number of alkyl halides is 3. The van der Waals surface area contributed by atoms with E-state index in [4.69, 9.17) is 0 Å². The number of aryl methyl sites for hydroxylation is 2. The fraction of sp³-hybridized carbons (Fsp3) is 0.444. The van der Waals surface area contributed by atoms with E-state index in [0.717, 1.165) is 24.0 Å². The van der Waals surface area contributed by atoms with Gasteiger partial charge in [-0.15, -0.1) is 0 Å². The topological polar surface area (TPSA) is 25.8 Å². The first kappa shape index (κ1) is 17.4. The number of halogens is 3. The molecule has 2 aromatic heterocycles. The van der Waals surface area contributed by atoms with Crippen molar-refractivity contribution in [3.63, 3.8) is 0 Å². The third kappa shape index (κ3) is 4.30. The molecule has 0 amide bonds. The van der Waals surface area contributed by atoms with Gasteiger partial charge in [0.2, 0.25) is 0 Å². The van der Waals surface area contributed by atoms with Crippen LogP contribution in [0.25, 0.3) is 0 Å². The molecule has 124 valence electrons. The Bertz CT molecular complexity index is 691. The van der Waals surface area contributed by atoms with Crippen LogP contribution in [-0.2, 0) is 19.0 Å². The van der Waals surface area contributed by atoms with Crippen molar-refractivity contribution in [2.24, 2.45) is 0 Å². The molecule has 0 radical (unpaired) electrons. The Hall–Kier alpha value is -1.91. The number of nitrogens with zero attached hydrogens (tertiary/aromatic N) is 2. The second-order valence-electron chi connectivity index (χ2n) is 6.05. The van der Waals surface area contributed by atoms with E-state index >= 15 is 0 Å². The average molecular weight is 322 g/mol. The molecule has 2 aromatic rings. The summed E-state index contributed by atoms with van der Waals surface area (Å²) in [6.07, 6.45) is -2.09. The highest BCUT2D eigenvalue weighted by Gasteiger charge is 2.34. The zero-order valence-corrected chi connectivity index (χ0v) is 13.8. The molecule has 0 N–H and O–H groups in total. The van der Waals surface area contributed by atoms with Gasteiger partial charge in [0.1, 0.15) is 0 Å². The van der Waals surface area contributed by atoms with E-state index in [1.54, 1.807) is 19.9 Å². The maximum atomic E-state index is 13.1. The largest absolute Gasteiger partial charge is 0.418 e. The van der Waals surface area contributed by atoms with Crippen LogP contribution in [0.15, 0.2) is 24.4 Å². The highest BCUT2D eigenvalue weighted by Crippen LogP contribution is 2.35. The van der Waals surface area contributed by atoms with Crippen LogP contribution < -0.4 is 0 Å². The number of aromatic nitrogens is 2. The molecule has 0 aliphatic rings. The number of hydrogen-bond acceptors (Lipinski definition) is 2. The summed E-state index contributed by atoms with van der Waals surface area (Å²) in [6, 6.07) is 5.56. The van der Waals surface area contributed by atoms with Crippen molar-refractivity contribution in [1.82, 2.24) is 9.97 Å². The summed E-state index contributed by atoms with van der Waals surface area (Å²) in [6.45, 7) is 7.50. The molecule has 2 heterocycles. The average Bonchev–Trinajstić information content (AvgIpc) is 2.45. The predicted octanol–water partition coefficient (Wildman–Crippen LogP) is 5.08. The van der Waals surface area contributed by atoms with E-state index < -0.39 is 11.7 Å². The second-order valence-corrected chi connectivity index (χ2v) is 6.05. The second kappa shape index (κ2) is 6.69. The molecule has 0 saturated carbocycles. The SMILES string of the molecule is CCc1cc(C)nc(Cc2cc(C(C)C)c(C(F)(F)F)cn2)c1. The van der Waals surface area contributed by atoms with Gasteiger partial charge < -0.3 is 0 Å². The summed E-state index contributed by atoms with van der Waals surface area (Å²) in [5.41, 5.74) is 3.16. The molecule has 5 heteroatoms. The molecule has 2 rings (SSSR count). The van der Waals surface area contributed by atoms with Gasteiger partial charge in [0.25, 0.3) is 0 Å². The van der Waals surface area contributed by atoms with Gasteiger partial charge in [-0.05, 0) is 48.6 Å². The van der Waals surface area contributed by atoms with Crippen LogP contribution >= 0.6 is 0 Å². The minimum atomic E-state index is -4.37. The smallest absolute Gasteiger partial charge is 0.260 e. The molecule has 0 fully saturated rings. The van der Waals surface area contributed by atoms with E-state index in [-0.39, 0.29) is 11.5 Å². The summed E-state index contributed by atoms with van der Waals surface area (Å²) >= 11 is 0. The molecule has 0 saturated heterocycles. The molecule has 2 nitrogen and oxygen atoms in total. The normalized spacial score (nSPS) is 12.0. The Labute approximate surface area is 134 Å². The first-order valence-corrected chi connectivity index (χ1v) is 7.73. The van der Waals surface area contributed by atoms with Crippen LogP contribution in [0.4, 0.5) is 13.2 Å². The lowest BCUT2D eigenvalue weighted by Gasteiger charge is -2.16. The minimum Gasteiger partial charge on any atom is -0.260 e. The molecule has 0 aliphatic heterocycles. The minimum absolute atomic E-state index is 0.218. The highest BCUT2D eigenvalue weighted by molar-refractivity contribution is 5.33. The van der Waals surface area contributed by atoms with Crippen molar-refractivity contribution in [2.75, 3.05) is 0 Å². The first-order chi connectivity index (χ1) is 10.7. The van der Waals surface area contributed by atoms with Crippen LogP contribution in [0, 0.1) is 6.92 Å². The lowest BCUT2D eigenvalue weighted by Crippen LogP contribution is -2.12. The van der Waals surface area contributed by atoms with E-state index in [0.29, 0.717) is 12.1 Å². The fourth-order valence-electron chi connectivity index (χ4n) is 2.62. The van der Waals surface area contributed by atoms with E-state index in [9.17, 15) is 13.2 Å². The molecule has 23 heavy (non-hydrogen) atoms. The first-order valence-electron chi connectivity index (χ1n) is 7.73. The fourth-order valence-corrected chi connectivity index (χ4v) is 2.62. The Balaban J connectivity index is 2.38. The molecule has 0 bridgehead atoms. The quantitative estimate of drug-likeness (QED) is 0.784. The molecular weight excluding hydrogens is 301 g/mol. The van der Waals surface area contributed by atoms with Crippen molar-refractivity contribution in [3.05, 3.63) is 58.2 Å². The summed E-state index contributed by atoms with van der Waals surface area (Å²) in [4.78, 5) is 8.47. The van der Waals surface area contributed by atoms with Crippen molar-refractivity contribution < 1.29 is 13.2 Å². The standard InChI is InChI=1S/C18H21F3N2/c1-5-13-6-12(4)23-15(7-13)8-14-9-16(11(2)3)17(10-22-14)18(19,20)21/h6-7,9-11H,5,8H2,1-4H3. The van der Waals surface area contributed by atoms with Crippen molar-refractivity contribution in [1.29, 1.82) is 0 Å². The summed E-state index contributed by atoms with van der Waals surface area (Å²) in [5.74, 6) is -0.218. The van der Waals surface area contributed by atoms with Gasteiger partial charge in [0.05, 0.1) is 5.56 Å². The third-order valence-corrected chi connectivity index (χ3v) is 3.76. The van der Waals surface area contributed by atoms with E-state index in [1.807, 2.05) is 19.1 Å². The zero-order valence-electron chi connectivity index (χ0n) is 13.8. The lowest BCUT2D eigenvalue weighted by molar-refractivity contribution is -0.138. The van der Waals surface area contributed by atoms with Gasteiger partial charge in [0, 0.05) is 29.7 Å². The molecule has 0 spiro atoms. The van der Waals surface area contributed by atoms with E-state index in [1.165, 1.54) is 5.56 Å². The maximum absolute atomic E-state index is 13.1. The number of pyridine rings is 2. The van der Waals surface area contributed by atoms with Gasteiger partial charge in [-0.2, -0.15) is 13.2 Å². The third-order valence-electron chi connectivity index (χ3n) is 3.76.